The van der Waals surface area contributed by atoms with E-state index in [9.17, 15) is 4.79 Å². The summed E-state index contributed by atoms with van der Waals surface area (Å²) in [5.74, 6) is 0.405. The van der Waals surface area contributed by atoms with Crippen molar-refractivity contribution in [2.24, 2.45) is 0 Å². The highest BCUT2D eigenvalue weighted by Gasteiger charge is 2.26. The molecule has 0 saturated heterocycles. The Kier molecular flexibility index (Phi) is 6.49. The van der Waals surface area contributed by atoms with Crippen LogP contribution in [-0.2, 0) is 15.3 Å². The molecule has 2 N–H and O–H groups in total. The lowest BCUT2D eigenvalue weighted by Crippen LogP contribution is -2.18. The van der Waals surface area contributed by atoms with Gasteiger partial charge in [-0.15, -0.1) is 0 Å². The van der Waals surface area contributed by atoms with E-state index < -0.39 is 5.37 Å². The summed E-state index contributed by atoms with van der Waals surface area (Å²) in [7, 11) is 1.40. The average Bonchev–Trinajstić information content (AvgIpc) is 3.42. The molecule has 0 aliphatic rings. The average molecular weight is 507 g/mol. The van der Waals surface area contributed by atoms with Gasteiger partial charge < -0.3 is 14.7 Å². The maximum absolute atomic E-state index is 12.9. The lowest BCUT2D eigenvalue weighted by atomic mass is 10.1. The number of thioether (sulfide) groups is 2. The van der Waals surface area contributed by atoms with Gasteiger partial charge in [-0.25, -0.2) is 9.78 Å². The van der Waals surface area contributed by atoms with E-state index >= 15 is 0 Å². The van der Waals surface area contributed by atoms with Crippen molar-refractivity contribution in [3.05, 3.63) is 82.6 Å². The summed E-state index contributed by atoms with van der Waals surface area (Å²) in [6.45, 7) is 2.08. The second-order valence-corrected chi connectivity index (χ2v) is 10.2. The van der Waals surface area contributed by atoms with Gasteiger partial charge in [-0.3, -0.25) is 4.57 Å². The zero-order valence-electron chi connectivity index (χ0n) is 18.6. The number of H-pyrrole nitrogens is 2. The van der Waals surface area contributed by atoms with E-state index in [0.717, 1.165) is 43.4 Å². The van der Waals surface area contributed by atoms with Crippen LogP contribution in [0.15, 0.2) is 76.8 Å². The van der Waals surface area contributed by atoms with Crippen molar-refractivity contribution in [1.82, 2.24) is 19.5 Å². The first-order chi connectivity index (χ1) is 16.5. The van der Waals surface area contributed by atoms with Gasteiger partial charge in [-0.05, 0) is 60.6 Å². The molecule has 1 unspecified atom stereocenters. The van der Waals surface area contributed by atoms with Crippen molar-refractivity contribution < 1.29 is 9.53 Å². The fraction of sp³-hybridized carbons (Fsp3) is 0.160. The molecule has 5 aromatic rings. The second-order valence-electron chi connectivity index (χ2n) is 7.70. The van der Waals surface area contributed by atoms with Crippen molar-refractivity contribution >= 4 is 63.8 Å². The van der Waals surface area contributed by atoms with Crippen molar-refractivity contribution in [2.75, 3.05) is 7.11 Å². The maximum Gasteiger partial charge on any atom is 0.339 e. The molecular formula is C25H22N4O2S3. The van der Waals surface area contributed by atoms with Crippen LogP contribution in [0.5, 0.6) is 0 Å². The van der Waals surface area contributed by atoms with Gasteiger partial charge in [-0.2, -0.15) is 0 Å². The molecule has 172 valence electrons. The van der Waals surface area contributed by atoms with E-state index in [0.29, 0.717) is 4.77 Å². The predicted octanol–water partition coefficient (Wildman–Crippen LogP) is 6.64. The van der Waals surface area contributed by atoms with Crippen LogP contribution in [0.3, 0.4) is 0 Å². The normalized spacial score (nSPS) is 12.3. The Hall–Kier alpha value is -3.01. The molecule has 9 heteroatoms. The Balaban J connectivity index is 1.43. The largest absolute Gasteiger partial charge is 0.467 e. The molecule has 0 saturated carbocycles. The number of aromatic nitrogens is 4. The minimum Gasteiger partial charge on any atom is -0.467 e. The number of aromatic amines is 2. The van der Waals surface area contributed by atoms with Gasteiger partial charge in [0.2, 0.25) is 0 Å². The van der Waals surface area contributed by atoms with Crippen LogP contribution in [0.1, 0.15) is 16.5 Å². The van der Waals surface area contributed by atoms with Crippen molar-refractivity contribution in [1.29, 1.82) is 0 Å². The first-order valence-corrected chi connectivity index (χ1v) is 12.9. The van der Waals surface area contributed by atoms with Crippen LogP contribution >= 0.6 is 35.7 Å². The number of ether oxygens (including phenoxy) is 1. The molecule has 2 aromatic heterocycles. The maximum atomic E-state index is 12.9. The van der Waals surface area contributed by atoms with Crippen LogP contribution in [0.25, 0.3) is 22.1 Å². The van der Waals surface area contributed by atoms with Gasteiger partial charge >= 0.3 is 5.97 Å². The molecule has 0 bridgehead atoms. The predicted molar refractivity (Wildman–Crippen MR) is 141 cm³/mol. The number of benzene rings is 3. The van der Waals surface area contributed by atoms with E-state index in [-0.39, 0.29) is 5.97 Å². The van der Waals surface area contributed by atoms with E-state index in [4.69, 9.17) is 17.0 Å². The fourth-order valence-electron chi connectivity index (χ4n) is 3.82. The second kappa shape index (κ2) is 9.69. The van der Waals surface area contributed by atoms with E-state index in [1.807, 2.05) is 65.2 Å². The quantitative estimate of drug-likeness (QED) is 0.146. The zero-order chi connectivity index (χ0) is 23.7. The van der Waals surface area contributed by atoms with Crippen molar-refractivity contribution in [2.45, 2.75) is 28.1 Å². The van der Waals surface area contributed by atoms with Crippen molar-refractivity contribution in [3.8, 4) is 0 Å². The number of para-hydroxylation sites is 4. The molecule has 5 rings (SSSR count). The van der Waals surface area contributed by atoms with E-state index in [1.54, 1.807) is 11.8 Å². The minimum absolute atomic E-state index is 0.354. The Morgan fingerprint density at radius 1 is 1.06 bits per heavy atom. The molecule has 3 aromatic carbocycles. The number of carbonyl (C=O) groups excluding carboxylic acids is 1. The summed E-state index contributed by atoms with van der Waals surface area (Å²) in [5, 5.41) is 0.238. The van der Waals surface area contributed by atoms with Gasteiger partial charge in [0, 0.05) is 10.6 Å². The van der Waals surface area contributed by atoms with Crippen LogP contribution in [0.2, 0.25) is 0 Å². The summed E-state index contributed by atoms with van der Waals surface area (Å²) >= 11 is 8.67. The third-order valence-electron chi connectivity index (χ3n) is 5.63. The summed E-state index contributed by atoms with van der Waals surface area (Å²) in [5.41, 5.74) is 6.04. The molecule has 6 nitrogen and oxygen atoms in total. The number of imidazole rings is 2. The number of fused-ring (bicyclic) bond motifs is 2. The molecule has 34 heavy (non-hydrogen) atoms. The highest BCUT2D eigenvalue weighted by atomic mass is 32.2. The Morgan fingerprint density at radius 3 is 2.62 bits per heavy atom. The molecule has 1 atom stereocenters. The summed E-state index contributed by atoms with van der Waals surface area (Å²) in [6.07, 6.45) is 0. The molecule has 0 radical (unpaired) electrons. The van der Waals surface area contributed by atoms with Gasteiger partial charge in [0.05, 0.1) is 29.2 Å². The molecule has 2 heterocycles. The van der Waals surface area contributed by atoms with Crippen molar-refractivity contribution in [3.63, 3.8) is 0 Å². The highest BCUT2D eigenvalue weighted by molar-refractivity contribution is 8.00. The molecule has 0 aliphatic heterocycles. The number of methoxy groups -OCH3 is 1. The first-order valence-electron chi connectivity index (χ1n) is 10.6. The number of hydrogen-bond donors (Lipinski definition) is 2. The lowest BCUT2D eigenvalue weighted by Gasteiger charge is -2.19. The molecule has 0 spiro atoms. The zero-order valence-corrected chi connectivity index (χ0v) is 21.0. The number of carbonyl (C=O) groups is 1. The third kappa shape index (κ3) is 4.38. The van der Waals surface area contributed by atoms with E-state index in [2.05, 4.69) is 27.9 Å². The van der Waals surface area contributed by atoms with Crippen LogP contribution in [-0.4, -0.2) is 32.6 Å². The first kappa shape index (κ1) is 22.8. The number of nitrogens with zero attached hydrogens (tertiary/aromatic N) is 2. The SMILES string of the molecule is COC(=O)C(Sc1cccc(CSc2nc3ccccc3[nH]2)c1C)n1c(=S)[nH]c2ccccc21. The molecular weight excluding hydrogens is 485 g/mol. The number of nitrogens with one attached hydrogen (secondary N) is 2. The van der Waals surface area contributed by atoms with E-state index in [1.165, 1.54) is 24.4 Å². The van der Waals surface area contributed by atoms with Gasteiger partial charge in [-0.1, -0.05) is 59.9 Å². The number of rotatable bonds is 7. The Morgan fingerprint density at radius 2 is 1.82 bits per heavy atom. The summed E-state index contributed by atoms with van der Waals surface area (Å²) < 4.78 is 7.47. The minimum atomic E-state index is -0.648. The third-order valence-corrected chi connectivity index (χ3v) is 8.17. The Labute approximate surface area is 210 Å². The standard InChI is InChI=1S/C25H22N4O2S3/c1-15-16(14-33-24-26-17-9-3-4-10-18(17)27-24)8-7-13-21(15)34-22(23(30)31-2)29-20-12-6-5-11-19(20)28-25(29)32/h3-13,22H,14H2,1-2H3,(H,26,27)(H,28,32). The number of hydrogen-bond acceptors (Lipinski definition) is 6. The van der Waals surface area contributed by atoms with Gasteiger partial charge in [0.15, 0.2) is 15.3 Å². The summed E-state index contributed by atoms with van der Waals surface area (Å²) in [6, 6.07) is 21.9. The topological polar surface area (TPSA) is 75.7 Å². The lowest BCUT2D eigenvalue weighted by molar-refractivity contribution is -0.141. The smallest absolute Gasteiger partial charge is 0.339 e. The molecule has 0 fully saturated rings. The van der Waals surface area contributed by atoms with Crippen LogP contribution in [0.4, 0.5) is 0 Å². The van der Waals surface area contributed by atoms with Crippen LogP contribution < -0.4 is 0 Å². The van der Waals surface area contributed by atoms with Crippen LogP contribution in [0, 0.1) is 11.7 Å². The van der Waals surface area contributed by atoms with Gasteiger partial charge in [0.25, 0.3) is 0 Å². The summed E-state index contributed by atoms with van der Waals surface area (Å²) in [4.78, 5) is 25.1. The fourth-order valence-corrected chi connectivity index (χ4v) is 6.37. The monoisotopic (exact) mass is 506 g/mol. The molecule has 0 amide bonds. The van der Waals surface area contributed by atoms with Gasteiger partial charge in [0.1, 0.15) is 0 Å². The number of esters is 1. The highest BCUT2D eigenvalue weighted by Crippen LogP contribution is 2.38. The Bertz CT molecular complexity index is 1520. The molecule has 0 aliphatic carbocycles.